The van der Waals surface area contributed by atoms with E-state index in [-0.39, 0.29) is 26.3 Å². The number of aliphatic carboxylic acids is 1. The van der Waals surface area contributed by atoms with Crippen molar-refractivity contribution in [3.8, 4) is 0 Å². The van der Waals surface area contributed by atoms with Gasteiger partial charge in [-0.15, -0.1) is 0 Å². The van der Waals surface area contributed by atoms with Gasteiger partial charge in [-0.1, -0.05) is 29.3 Å². The van der Waals surface area contributed by atoms with Crippen LogP contribution >= 0.6 is 57.3 Å². The second-order valence-corrected chi connectivity index (χ2v) is 11.6. The molecule has 2 aromatic heterocycles. The smallest absolute Gasteiger partial charge is 0.352 e. The van der Waals surface area contributed by atoms with Crippen LogP contribution in [0.2, 0.25) is 10.0 Å². The highest BCUT2D eigenvalue weighted by Gasteiger charge is 2.24. The number of pyridine rings is 1. The van der Waals surface area contributed by atoms with Gasteiger partial charge in [-0.2, -0.15) is 12.8 Å². The van der Waals surface area contributed by atoms with Crippen molar-refractivity contribution in [2.24, 2.45) is 0 Å². The van der Waals surface area contributed by atoms with Crippen LogP contribution < -0.4 is 10.0 Å². The summed E-state index contributed by atoms with van der Waals surface area (Å²) < 4.78 is 34.0. The highest BCUT2D eigenvalue weighted by Crippen LogP contribution is 2.28. The fourth-order valence-electron chi connectivity index (χ4n) is 3.09. The Balaban J connectivity index is 1.68. The summed E-state index contributed by atoms with van der Waals surface area (Å²) in [5, 5.41) is 12.5. The summed E-state index contributed by atoms with van der Waals surface area (Å²) in [5.41, 5.74) is -0.229. The Hall–Kier alpha value is -2.78. The molecule has 184 valence electrons. The first-order valence-electron chi connectivity index (χ1n) is 9.78. The van der Waals surface area contributed by atoms with Gasteiger partial charge in [-0.05, 0) is 82.2 Å². The van der Waals surface area contributed by atoms with Gasteiger partial charge in [0.15, 0.2) is 5.03 Å². The summed E-state index contributed by atoms with van der Waals surface area (Å²) >= 11 is 15.0. The second-order valence-electron chi connectivity index (χ2n) is 7.14. The molecule has 2 aromatic carbocycles. The molecule has 4 aromatic rings. The maximum atomic E-state index is 13.2. The molecule has 0 saturated heterocycles. The zero-order chi connectivity index (χ0) is 26.0. The van der Waals surface area contributed by atoms with Crippen molar-refractivity contribution in [3.05, 3.63) is 85.3 Å². The Kier molecular flexibility index (Phi) is 7.80. The van der Waals surface area contributed by atoms with Crippen molar-refractivity contribution in [3.63, 3.8) is 0 Å². The Morgan fingerprint density at radius 1 is 1.08 bits per heavy atom. The van der Waals surface area contributed by atoms with Gasteiger partial charge >= 0.3 is 5.97 Å². The Labute approximate surface area is 232 Å². The molecule has 0 fully saturated rings. The van der Waals surface area contributed by atoms with Crippen LogP contribution in [0.15, 0.2) is 65.6 Å². The van der Waals surface area contributed by atoms with Crippen LogP contribution in [0.4, 0.5) is 5.69 Å². The molecule has 4 rings (SSSR count). The van der Waals surface area contributed by atoms with Crippen LogP contribution in [0.5, 0.6) is 0 Å². The van der Waals surface area contributed by atoms with Gasteiger partial charge in [-0.25, -0.2) is 9.78 Å². The molecule has 0 aliphatic carbocycles. The fraction of sp³-hybridized carbons (Fsp3) is 0. The number of hydrogen-bond donors (Lipinski definition) is 3. The first kappa shape index (κ1) is 26.3. The number of sulfonamides is 1. The molecule has 0 atom stereocenters. The minimum Gasteiger partial charge on any atom is -0.477 e. The minimum absolute atomic E-state index is 0.0549. The molecule has 36 heavy (non-hydrogen) atoms. The largest absolute Gasteiger partial charge is 0.477 e. The third kappa shape index (κ3) is 5.78. The van der Waals surface area contributed by atoms with Gasteiger partial charge in [-0.3, -0.25) is 9.52 Å². The van der Waals surface area contributed by atoms with Crippen LogP contribution in [0.1, 0.15) is 15.9 Å². The maximum absolute atomic E-state index is 13.2. The first-order chi connectivity index (χ1) is 17.0. The van der Waals surface area contributed by atoms with Crippen molar-refractivity contribution >= 4 is 101 Å². The summed E-state index contributed by atoms with van der Waals surface area (Å²) in [7, 11) is -4.22. The number of hydrogen-bond acceptors (Lipinski definition) is 7. The third-order valence-electron chi connectivity index (χ3n) is 4.70. The van der Waals surface area contributed by atoms with Crippen LogP contribution in [-0.4, -0.2) is 34.8 Å². The third-order valence-corrected chi connectivity index (χ3v) is 8.20. The van der Waals surface area contributed by atoms with Crippen molar-refractivity contribution < 1.29 is 23.1 Å². The number of carboxylic acid groups (broad SMARTS) is 1. The molecule has 9 nitrogen and oxygen atoms in total. The molecular weight excluding hydrogens is 662 g/mol. The zero-order valence-corrected chi connectivity index (χ0v) is 23.0. The average molecular weight is 675 g/mol. The van der Waals surface area contributed by atoms with Crippen molar-refractivity contribution in [1.82, 2.24) is 14.7 Å². The highest BCUT2D eigenvalue weighted by molar-refractivity contribution is 14.1. The highest BCUT2D eigenvalue weighted by atomic mass is 127. The normalized spacial score (nSPS) is 11.9. The van der Waals surface area contributed by atoms with Crippen LogP contribution in [0.3, 0.4) is 0 Å². The number of aromatic nitrogens is 2. The van der Waals surface area contributed by atoms with Crippen molar-refractivity contribution in [2.75, 3.05) is 4.72 Å². The zero-order valence-electron chi connectivity index (χ0n) is 17.7. The van der Waals surface area contributed by atoms with Crippen LogP contribution in [0.25, 0.3) is 16.2 Å². The number of amides is 1. The molecule has 0 aliphatic rings. The summed E-state index contributed by atoms with van der Waals surface area (Å²) in [5.74, 6) is -2.26. The number of carboxylic acids is 1. The van der Waals surface area contributed by atoms with Gasteiger partial charge in [0.05, 0.1) is 37.6 Å². The Morgan fingerprint density at radius 3 is 2.58 bits per heavy atom. The van der Waals surface area contributed by atoms with Gasteiger partial charge in [0.2, 0.25) is 0 Å². The quantitative estimate of drug-likeness (QED) is 0.180. The Morgan fingerprint density at radius 2 is 1.86 bits per heavy atom. The van der Waals surface area contributed by atoms with E-state index in [1.807, 2.05) is 22.6 Å². The summed E-state index contributed by atoms with van der Waals surface area (Å²) in [6, 6.07) is 10.5. The number of nitrogens with one attached hydrogen (secondary N) is 2. The lowest BCUT2D eigenvalue weighted by Gasteiger charge is -2.14. The molecule has 3 N–H and O–H groups in total. The molecule has 0 saturated carbocycles. The number of benzene rings is 2. The maximum Gasteiger partial charge on any atom is 0.352 e. The predicted octanol–water partition coefficient (Wildman–Crippen LogP) is 5.26. The molecule has 0 spiro atoms. The van der Waals surface area contributed by atoms with E-state index in [4.69, 9.17) is 23.2 Å². The van der Waals surface area contributed by atoms with E-state index in [0.29, 0.717) is 19.2 Å². The number of carbonyl (C=O) groups is 2. The van der Waals surface area contributed by atoms with Gasteiger partial charge in [0.1, 0.15) is 5.70 Å². The number of anilines is 1. The fourth-order valence-corrected chi connectivity index (χ4v) is 5.80. The second kappa shape index (κ2) is 10.7. The van der Waals surface area contributed by atoms with E-state index >= 15 is 0 Å². The Bertz CT molecular complexity index is 1660. The molecule has 1 amide bonds. The lowest BCUT2D eigenvalue weighted by molar-refractivity contribution is -0.132. The average Bonchev–Trinajstić information content (AvgIpc) is 3.29. The number of fused-ring (bicyclic) bond motifs is 1. The summed E-state index contributed by atoms with van der Waals surface area (Å²) in [6.07, 6.45) is 3.95. The number of nitrogens with zero attached hydrogens (tertiary/aromatic N) is 2. The number of rotatable bonds is 7. The van der Waals surface area contributed by atoms with Crippen LogP contribution in [-0.2, 0) is 14.8 Å². The lowest BCUT2D eigenvalue weighted by Crippen LogP contribution is -2.28. The predicted molar refractivity (Wildman–Crippen MR) is 147 cm³/mol. The van der Waals surface area contributed by atoms with E-state index in [0.717, 1.165) is 11.5 Å². The van der Waals surface area contributed by atoms with E-state index in [9.17, 15) is 23.1 Å². The monoisotopic (exact) mass is 674 g/mol. The first-order valence-corrected chi connectivity index (χ1v) is 13.9. The van der Waals surface area contributed by atoms with E-state index in [1.54, 1.807) is 12.1 Å². The van der Waals surface area contributed by atoms with Crippen molar-refractivity contribution in [2.45, 2.75) is 5.03 Å². The van der Waals surface area contributed by atoms with Crippen LogP contribution in [0, 0.1) is 3.57 Å². The van der Waals surface area contributed by atoms with E-state index in [2.05, 4.69) is 19.4 Å². The van der Waals surface area contributed by atoms with Gasteiger partial charge < -0.3 is 10.4 Å². The molecule has 0 bridgehead atoms. The SMILES string of the molecule is O=C(O)C(=Cc1ccc(Cl)c(Cl)c1)NC(=O)c1ccc(I)cc1NS(=O)(=O)c1nccc2sncc12. The number of halogens is 3. The van der Waals surface area contributed by atoms with Gasteiger partial charge in [0.25, 0.3) is 15.9 Å². The summed E-state index contributed by atoms with van der Waals surface area (Å²) in [4.78, 5) is 28.9. The van der Waals surface area contributed by atoms with Gasteiger partial charge in [0, 0.05) is 9.77 Å². The standard InChI is InChI=1S/C22H13Cl2IN4O5S2/c23-15-4-1-11(7-16(15)24)8-18(22(31)32)28-20(30)13-3-2-12(25)9-17(13)29-36(33,34)21-14-10-27-35-19(14)5-6-26-21/h1-10,29H,(H,28,30)(H,31,32). The van der Waals surface area contributed by atoms with E-state index in [1.165, 1.54) is 48.8 Å². The molecule has 2 heterocycles. The summed E-state index contributed by atoms with van der Waals surface area (Å²) in [6.45, 7) is 0. The minimum atomic E-state index is -4.22. The molecule has 0 unspecified atom stereocenters. The van der Waals surface area contributed by atoms with E-state index < -0.39 is 27.6 Å². The lowest BCUT2D eigenvalue weighted by atomic mass is 10.1. The molecule has 0 aliphatic heterocycles. The number of carbonyl (C=O) groups excluding carboxylic acids is 1. The van der Waals surface area contributed by atoms with Crippen molar-refractivity contribution in [1.29, 1.82) is 0 Å². The molecular formula is C22H13Cl2IN4O5S2. The molecule has 14 heteroatoms. The topological polar surface area (TPSA) is 138 Å². The molecule has 0 radical (unpaired) electrons.